The molecule has 0 radical (unpaired) electrons. The van der Waals surface area contributed by atoms with E-state index in [4.69, 9.17) is 9.47 Å². The molecular formula is C15H33NO3. The largest absolute Gasteiger partial charge is 0.389 e. The number of aliphatic hydroxyl groups excluding tert-OH is 1. The molecule has 2 atom stereocenters. The second-order valence-electron chi connectivity index (χ2n) is 5.60. The lowest BCUT2D eigenvalue weighted by Gasteiger charge is -2.18. The topological polar surface area (TPSA) is 50.7 Å². The van der Waals surface area contributed by atoms with E-state index in [-0.39, 0.29) is 6.10 Å². The summed E-state index contributed by atoms with van der Waals surface area (Å²) in [6, 6.07) is 0. The predicted octanol–water partition coefficient (Wildman–Crippen LogP) is 2.20. The highest BCUT2D eigenvalue weighted by Gasteiger charge is 2.09. The second kappa shape index (κ2) is 12.9. The van der Waals surface area contributed by atoms with E-state index in [0.717, 1.165) is 32.4 Å². The average molecular weight is 275 g/mol. The minimum Gasteiger partial charge on any atom is -0.389 e. The van der Waals surface area contributed by atoms with Gasteiger partial charge in [0.15, 0.2) is 0 Å². The van der Waals surface area contributed by atoms with Crippen molar-refractivity contribution in [3.63, 3.8) is 0 Å². The van der Waals surface area contributed by atoms with E-state index in [0.29, 0.717) is 25.7 Å². The Labute approximate surface area is 118 Å². The normalized spacial score (nSPS) is 14.8. The van der Waals surface area contributed by atoms with Crippen LogP contribution in [0.15, 0.2) is 0 Å². The number of hydrogen-bond donors (Lipinski definition) is 2. The molecule has 19 heavy (non-hydrogen) atoms. The molecule has 0 bridgehead atoms. The van der Waals surface area contributed by atoms with Crippen LogP contribution in [0.1, 0.15) is 47.0 Å². The van der Waals surface area contributed by atoms with Crippen LogP contribution in [0.2, 0.25) is 0 Å². The summed E-state index contributed by atoms with van der Waals surface area (Å²) in [6.45, 7) is 11.8. The van der Waals surface area contributed by atoms with E-state index in [2.05, 4.69) is 33.0 Å². The van der Waals surface area contributed by atoms with E-state index in [1.807, 2.05) is 0 Å². The maximum atomic E-state index is 9.74. The summed E-state index contributed by atoms with van der Waals surface area (Å²) in [5.74, 6) is 0.630. The first kappa shape index (κ1) is 18.8. The molecule has 0 amide bonds. The van der Waals surface area contributed by atoms with Gasteiger partial charge in [-0.05, 0) is 25.7 Å². The number of rotatable bonds is 13. The Hall–Kier alpha value is -0.160. The summed E-state index contributed by atoms with van der Waals surface area (Å²) >= 11 is 0. The molecule has 0 aliphatic rings. The van der Waals surface area contributed by atoms with Gasteiger partial charge in [-0.1, -0.05) is 27.2 Å². The number of nitrogens with one attached hydrogen (secondary N) is 1. The van der Waals surface area contributed by atoms with Crippen LogP contribution in [0.5, 0.6) is 0 Å². The van der Waals surface area contributed by atoms with E-state index in [9.17, 15) is 5.11 Å². The third kappa shape index (κ3) is 14.1. The molecular weight excluding hydrogens is 242 g/mol. The quantitative estimate of drug-likeness (QED) is 0.506. The molecule has 0 saturated carbocycles. The van der Waals surface area contributed by atoms with Gasteiger partial charge in [-0.2, -0.15) is 0 Å². The van der Waals surface area contributed by atoms with Gasteiger partial charge in [0.2, 0.25) is 0 Å². The minimum absolute atomic E-state index is 0.215. The molecule has 4 nitrogen and oxygen atoms in total. The van der Waals surface area contributed by atoms with Gasteiger partial charge in [-0.25, -0.2) is 0 Å². The van der Waals surface area contributed by atoms with E-state index in [1.165, 1.54) is 0 Å². The Kier molecular flexibility index (Phi) is 12.7. The maximum Gasteiger partial charge on any atom is 0.0897 e. The highest BCUT2D eigenvalue weighted by Crippen LogP contribution is 2.07. The van der Waals surface area contributed by atoms with Crippen LogP contribution in [-0.4, -0.2) is 50.2 Å². The predicted molar refractivity (Wildman–Crippen MR) is 79.5 cm³/mol. The first-order valence-corrected chi connectivity index (χ1v) is 7.64. The van der Waals surface area contributed by atoms with Crippen molar-refractivity contribution in [2.45, 2.75) is 59.2 Å². The van der Waals surface area contributed by atoms with Gasteiger partial charge in [0.1, 0.15) is 0 Å². The molecule has 2 N–H and O–H groups in total. The second-order valence-corrected chi connectivity index (χ2v) is 5.60. The van der Waals surface area contributed by atoms with Crippen LogP contribution in [0.4, 0.5) is 0 Å². The van der Waals surface area contributed by atoms with Crippen molar-refractivity contribution in [2.75, 3.05) is 32.9 Å². The molecule has 0 aromatic rings. The van der Waals surface area contributed by atoms with Gasteiger partial charge in [-0.3, -0.25) is 0 Å². The van der Waals surface area contributed by atoms with Crippen molar-refractivity contribution in [1.82, 2.24) is 5.32 Å². The van der Waals surface area contributed by atoms with E-state index >= 15 is 0 Å². The summed E-state index contributed by atoms with van der Waals surface area (Å²) in [5.41, 5.74) is 0. The van der Waals surface area contributed by atoms with Gasteiger partial charge in [0.25, 0.3) is 0 Å². The van der Waals surface area contributed by atoms with Crippen molar-refractivity contribution in [3.05, 3.63) is 0 Å². The van der Waals surface area contributed by atoms with Crippen LogP contribution in [-0.2, 0) is 9.47 Å². The Morgan fingerprint density at radius 3 is 2.53 bits per heavy atom. The highest BCUT2D eigenvalue weighted by atomic mass is 16.5. The molecule has 0 rings (SSSR count). The molecule has 0 aromatic heterocycles. The molecule has 0 saturated heterocycles. The summed E-state index contributed by atoms with van der Waals surface area (Å²) in [7, 11) is 0. The van der Waals surface area contributed by atoms with Gasteiger partial charge < -0.3 is 19.9 Å². The average Bonchev–Trinajstić information content (AvgIpc) is 2.34. The Morgan fingerprint density at radius 1 is 1.16 bits per heavy atom. The first-order valence-electron chi connectivity index (χ1n) is 7.64. The zero-order valence-corrected chi connectivity index (χ0v) is 13.2. The summed E-state index contributed by atoms with van der Waals surface area (Å²) in [5, 5.41) is 12.9. The maximum absolute atomic E-state index is 9.74. The smallest absolute Gasteiger partial charge is 0.0897 e. The Bertz CT molecular complexity index is 188. The SMILES string of the molecule is CCCCOCCNCC(O)COC(C)CC(C)C. The van der Waals surface area contributed by atoms with Crippen molar-refractivity contribution in [3.8, 4) is 0 Å². The van der Waals surface area contributed by atoms with Crippen molar-refractivity contribution >= 4 is 0 Å². The Balaban J connectivity index is 3.32. The summed E-state index contributed by atoms with van der Waals surface area (Å²) < 4.78 is 11.0. The number of aliphatic hydroxyl groups is 1. The molecule has 2 unspecified atom stereocenters. The molecule has 0 fully saturated rings. The molecule has 0 aromatic carbocycles. The standard InChI is InChI=1S/C15H33NO3/c1-5-6-8-18-9-7-16-11-15(17)12-19-14(4)10-13(2)3/h13-17H,5-12H2,1-4H3. The van der Waals surface area contributed by atoms with Crippen molar-refractivity contribution in [1.29, 1.82) is 0 Å². The van der Waals surface area contributed by atoms with Crippen LogP contribution in [0.3, 0.4) is 0 Å². The number of unbranched alkanes of at least 4 members (excludes halogenated alkanes) is 1. The lowest BCUT2D eigenvalue weighted by Crippen LogP contribution is -2.33. The van der Waals surface area contributed by atoms with Crippen LogP contribution >= 0.6 is 0 Å². The zero-order valence-electron chi connectivity index (χ0n) is 13.2. The fourth-order valence-corrected chi connectivity index (χ4v) is 1.83. The van der Waals surface area contributed by atoms with Crippen LogP contribution in [0.25, 0.3) is 0 Å². The van der Waals surface area contributed by atoms with Gasteiger partial charge >= 0.3 is 0 Å². The van der Waals surface area contributed by atoms with Gasteiger partial charge in [0.05, 0.1) is 25.4 Å². The molecule has 0 aliphatic heterocycles. The lowest BCUT2D eigenvalue weighted by molar-refractivity contribution is -0.00896. The first-order chi connectivity index (χ1) is 9.06. The monoisotopic (exact) mass is 275 g/mol. The van der Waals surface area contributed by atoms with Crippen LogP contribution < -0.4 is 5.32 Å². The third-order valence-corrected chi connectivity index (χ3v) is 2.82. The van der Waals surface area contributed by atoms with Gasteiger partial charge in [-0.15, -0.1) is 0 Å². The molecule has 0 spiro atoms. The van der Waals surface area contributed by atoms with E-state index < -0.39 is 6.10 Å². The summed E-state index contributed by atoms with van der Waals surface area (Å²) in [6.07, 6.45) is 3.09. The van der Waals surface area contributed by atoms with E-state index in [1.54, 1.807) is 0 Å². The summed E-state index contributed by atoms with van der Waals surface area (Å²) in [4.78, 5) is 0. The third-order valence-electron chi connectivity index (χ3n) is 2.82. The fraction of sp³-hybridized carbons (Fsp3) is 1.00. The molecule has 0 heterocycles. The zero-order chi connectivity index (χ0) is 14.5. The molecule has 4 heteroatoms. The van der Waals surface area contributed by atoms with Crippen molar-refractivity contribution in [2.24, 2.45) is 5.92 Å². The van der Waals surface area contributed by atoms with Crippen LogP contribution in [0, 0.1) is 5.92 Å². The lowest BCUT2D eigenvalue weighted by atomic mass is 10.1. The fourth-order valence-electron chi connectivity index (χ4n) is 1.83. The number of hydrogen-bond acceptors (Lipinski definition) is 4. The molecule has 116 valence electrons. The number of ether oxygens (including phenoxy) is 2. The minimum atomic E-state index is -0.440. The Morgan fingerprint density at radius 2 is 1.89 bits per heavy atom. The van der Waals surface area contributed by atoms with Crippen molar-refractivity contribution < 1.29 is 14.6 Å². The highest BCUT2D eigenvalue weighted by molar-refractivity contribution is 4.61. The molecule has 0 aliphatic carbocycles. The van der Waals surface area contributed by atoms with Gasteiger partial charge in [0, 0.05) is 19.7 Å².